The monoisotopic (exact) mass is 519 g/mol. The minimum absolute atomic E-state index is 0.0121. The Morgan fingerprint density at radius 1 is 1.00 bits per heavy atom. The molecule has 0 aromatic heterocycles. The molecule has 4 aliphatic carbocycles. The van der Waals surface area contributed by atoms with Gasteiger partial charge in [-0.1, -0.05) is 95.9 Å². The lowest BCUT2D eigenvalue weighted by molar-refractivity contribution is -0.0581. The molecule has 0 saturated heterocycles. The highest BCUT2D eigenvalue weighted by atomic mass is 16.6. The number of fused-ring (bicyclic) bond motifs is 5. The van der Waals surface area contributed by atoms with Crippen molar-refractivity contribution in [2.45, 2.75) is 118 Å². The highest BCUT2D eigenvalue weighted by molar-refractivity contribution is 5.67. The Morgan fingerprint density at radius 2 is 1.79 bits per heavy atom. The van der Waals surface area contributed by atoms with Crippen molar-refractivity contribution >= 4 is 6.09 Å². The van der Waals surface area contributed by atoms with E-state index in [1.54, 1.807) is 5.57 Å². The van der Waals surface area contributed by atoms with Gasteiger partial charge >= 0.3 is 6.09 Å². The maximum absolute atomic E-state index is 12.5. The van der Waals surface area contributed by atoms with Crippen molar-refractivity contribution in [3.05, 3.63) is 47.5 Å². The number of nitrogens with one attached hydrogen (secondary N) is 1. The van der Waals surface area contributed by atoms with E-state index in [0.717, 1.165) is 60.3 Å². The smallest absolute Gasteiger partial charge is 0.407 e. The quantitative estimate of drug-likeness (QED) is 0.347. The van der Waals surface area contributed by atoms with E-state index in [1.807, 2.05) is 30.3 Å². The van der Waals surface area contributed by atoms with Gasteiger partial charge in [0.1, 0.15) is 6.10 Å². The summed E-state index contributed by atoms with van der Waals surface area (Å²) in [5, 5.41) is 2.95. The molecule has 0 heterocycles. The first-order valence-electron chi connectivity index (χ1n) is 15.9. The summed E-state index contributed by atoms with van der Waals surface area (Å²) in [6, 6.07) is 10.1. The van der Waals surface area contributed by atoms with Gasteiger partial charge in [-0.25, -0.2) is 4.79 Å². The van der Waals surface area contributed by atoms with Crippen LogP contribution < -0.4 is 5.32 Å². The molecule has 5 rings (SSSR count). The fourth-order valence-electron chi connectivity index (χ4n) is 9.72. The summed E-state index contributed by atoms with van der Waals surface area (Å²) in [6.07, 6.45) is 16.6. The molecule has 0 aliphatic heterocycles. The van der Waals surface area contributed by atoms with Crippen LogP contribution in [0.25, 0.3) is 0 Å². The molecule has 210 valence electrons. The number of hydrogen-bond acceptors (Lipinski definition) is 2. The van der Waals surface area contributed by atoms with Crippen molar-refractivity contribution in [2.24, 2.45) is 46.3 Å². The molecule has 1 amide bonds. The molecule has 3 saturated carbocycles. The van der Waals surface area contributed by atoms with Crippen LogP contribution in [0.4, 0.5) is 4.79 Å². The predicted octanol–water partition coefficient (Wildman–Crippen LogP) is 9.32. The summed E-state index contributed by atoms with van der Waals surface area (Å²) in [4.78, 5) is 12.5. The van der Waals surface area contributed by atoms with E-state index >= 15 is 0 Å². The first-order valence-corrected chi connectivity index (χ1v) is 15.9. The van der Waals surface area contributed by atoms with Crippen LogP contribution in [0.5, 0.6) is 0 Å². The van der Waals surface area contributed by atoms with Crippen molar-refractivity contribution in [3.8, 4) is 0 Å². The normalized spacial score (nSPS) is 37.0. The number of allylic oxidation sites excluding steroid dienone is 1. The van der Waals surface area contributed by atoms with Crippen LogP contribution in [0.15, 0.2) is 42.0 Å². The van der Waals surface area contributed by atoms with E-state index < -0.39 is 0 Å². The van der Waals surface area contributed by atoms with Crippen molar-refractivity contribution in [1.29, 1.82) is 0 Å². The summed E-state index contributed by atoms with van der Waals surface area (Å²) < 4.78 is 5.92. The molecule has 3 nitrogen and oxygen atoms in total. The van der Waals surface area contributed by atoms with Crippen LogP contribution in [0.2, 0.25) is 0 Å². The molecule has 0 bridgehead atoms. The summed E-state index contributed by atoms with van der Waals surface area (Å²) in [5.74, 6) is 5.16. The van der Waals surface area contributed by atoms with E-state index in [-0.39, 0.29) is 12.2 Å². The van der Waals surface area contributed by atoms with Gasteiger partial charge in [-0.05, 0) is 96.8 Å². The van der Waals surface area contributed by atoms with Crippen LogP contribution in [-0.4, -0.2) is 12.2 Å². The van der Waals surface area contributed by atoms with Gasteiger partial charge in [-0.3, -0.25) is 0 Å². The topological polar surface area (TPSA) is 38.3 Å². The third-order valence-corrected chi connectivity index (χ3v) is 11.8. The minimum Gasteiger partial charge on any atom is -0.446 e. The number of rotatable bonds is 8. The van der Waals surface area contributed by atoms with Crippen LogP contribution in [0, 0.1) is 46.3 Å². The Balaban J connectivity index is 1.19. The Bertz CT molecular complexity index is 985. The molecule has 8 atom stereocenters. The summed E-state index contributed by atoms with van der Waals surface area (Å²) in [6.45, 7) is 13.1. The van der Waals surface area contributed by atoms with E-state index in [9.17, 15) is 4.79 Å². The number of amides is 1. The van der Waals surface area contributed by atoms with Crippen molar-refractivity contribution in [1.82, 2.24) is 5.32 Å². The van der Waals surface area contributed by atoms with E-state index in [4.69, 9.17) is 4.74 Å². The number of carbonyl (C=O) groups is 1. The molecular formula is C35H53NO2. The molecule has 1 aromatic carbocycles. The van der Waals surface area contributed by atoms with Crippen molar-refractivity contribution < 1.29 is 9.53 Å². The SMILES string of the molecule is CC(C)CCC[C@@H](C)[C@H]1CC[C@H]2[C@@H]3CC=C4C[C@@H](OC(=O)NCc5ccccc5)CC[C@]4(C)[C@H]3CC[C@]12C. The number of benzene rings is 1. The third-order valence-electron chi connectivity index (χ3n) is 11.8. The summed E-state index contributed by atoms with van der Waals surface area (Å²) in [7, 11) is 0. The van der Waals surface area contributed by atoms with Crippen molar-refractivity contribution in [2.75, 3.05) is 0 Å². The zero-order chi connectivity index (χ0) is 26.9. The lowest BCUT2D eigenvalue weighted by Gasteiger charge is -2.58. The molecule has 4 aliphatic rings. The second-order valence-electron chi connectivity index (χ2n) is 14.4. The average Bonchev–Trinajstić information content (AvgIpc) is 3.25. The number of carbonyl (C=O) groups excluding carboxylic acids is 1. The third kappa shape index (κ3) is 5.46. The maximum Gasteiger partial charge on any atom is 0.407 e. The van der Waals surface area contributed by atoms with E-state index in [1.165, 1.54) is 51.4 Å². The van der Waals surface area contributed by atoms with Crippen LogP contribution >= 0.6 is 0 Å². The minimum atomic E-state index is -0.273. The van der Waals surface area contributed by atoms with E-state index in [2.05, 4.69) is 46.0 Å². The van der Waals surface area contributed by atoms with Gasteiger partial charge in [0.15, 0.2) is 0 Å². The maximum atomic E-state index is 12.5. The van der Waals surface area contributed by atoms with Gasteiger partial charge in [0, 0.05) is 13.0 Å². The number of hydrogen-bond donors (Lipinski definition) is 1. The number of alkyl carbamates (subject to hydrolysis) is 1. The Kier molecular flexibility index (Phi) is 8.32. The zero-order valence-electron chi connectivity index (χ0n) is 24.8. The molecule has 3 fully saturated rings. The van der Waals surface area contributed by atoms with Crippen LogP contribution in [0.1, 0.15) is 111 Å². The number of ether oxygens (including phenoxy) is 1. The van der Waals surface area contributed by atoms with Gasteiger partial charge in [-0.15, -0.1) is 0 Å². The highest BCUT2D eigenvalue weighted by Gasteiger charge is 2.59. The average molecular weight is 520 g/mol. The molecule has 0 unspecified atom stereocenters. The fourth-order valence-corrected chi connectivity index (χ4v) is 9.72. The Morgan fingerprint density at radius 3 is 2.55 bits per heavy atom. The molecule has 1 N–H and O–H groups in total. The molecule has 1 aromatic rings. The Labute approximate surface area is 232 Å². The van der Waals surface area contributed by atoms with Gasteiger partial charge in [0.25, 0.3) is 0 Å². The standard InChI is InChI=1S/C35H53NO2/c1-24(2)10-9-11-25(3)30-16-17-31-29-15-14-27-22-28(38-33(37)36-23-26-12-7-6-8-13-26)18-20-34(27,4)32(29)19-21-35(30,31)5/h6-8,12-14,24-25,28-32H,9-11,15-23H2,1-5H3,(H,36,37)/t25-,28+,29+,30-,31+,32+,34+,35-/m1/s1. The first-order chi connectivity index (χ1) is 18.2. The molecule has 0 radical (unpaired) electrons. The van der Waals surface area contributed by atoms with Crippen LogP contribution in [0.3, 0.4) is 0 Å². The van der Waals surface area contributed by atoms with Crippen LogP contribution in [-0.2, 0) is 11.3 Å². The largest absolute Gasteiger partial charge is 0.446 e. The highest BCUT2D eigenvalue weighted by Crippen LogP contribution is 2.67. The van der Waals surface area contributed by atoms with Gasteiger partial charge in [-0.2, -0.15) is 0 Å². The predicted molar refractivity (Wildman–Crippen MR) is 157 cm³/mol. The van der Waals surface area contributed by atoms with Gasteiger partial charge in [0.2, 0.25) is 0 Å². The first kappa shape index (κ1) is 27.8. The summed E-state index contributed by atoms with van der Waals surface area (Å²) in [5.41, 5.74) is 3.53. The van der Waals surface area contributed by atoms with E-state index in [0.29, 0.717) is 17.4 Å². The zero-order valence-corrected chi connectivity index (χ0v) is 24.8. The lowest BCUT2D eigenvalue weighted by Crippen LogP contribution is -2.51. The molecule has 3 heteroatoms. The molecular weight excluding hydrogens is 466 g/mol. The Hall–Kier alpha value is -1.77. The van der Waals surface area contributed by atoms with Gasteiger partial charge in [0.05, 0.1) is 0 Å². The lowest BCUT2D eigenvalue weighted by atomic mass is 9.47. The molecule has 38 heavy (non-hydrogen) atoms. The second kappa shape index (κ2) is 11.4. The second-order valence-corrected chi connectivity index (χ2v) is 14.4. The fraction of sp³-hybridized carbons (Fsp3) is 0.743. The van der Waals surface area contributed by atoms with Gasteiger partial charge < -0.3 is 10.1 Å². The van der Waals surface area contributed by atoms with Crippen molar-refractivity contribution in [3.63, 3.8) is 0 Å². The summed E-state index contributed by atoms with van der Waals surface area (Å²) >= 11 is 0. The molecule has 0 spiro atoms.